The zero-order chi connectivity index (χ0) is 24.5. The Morgan fingerprint density at radius 1 is 0.800 bits per heavy atom. The molecule has 3 aromatic carbocycles. The van der Waals surface area contributed by atoms with Crippen LogP contribution in [0.2, 0.25) is 0 Å². The van der Waals surface area contributed by atoms with E-state index in [9.17, 15) is 0 Å². The van der Waals surface area contributed by atoms with Gasteiger partial charge in [0.05, 0.1) is 0 Å². The van der Waals surface area contributed by atoms with E-state index in [0.717, 1.165) is 23.5 Å². The molecule has 0 radical (unpaired) electrons. The smallest absolute Gasteiger partial charge is 0.0462 e. The van der Waals surface area contributed by atoms with Gasteiger partial charge in [-0.3, -0.25) is 0 Å². The van der Waals surface area contributed by atoms with Crippen LogP contribution in [0.4, 0.5) is 17.1 Å². The summed E-state index contributed by atoms with van der Waals surface area (Å²) in [5.74, 6) is 0. The highest BCUT2D eigenvalue weighted by molar-refractivity contribution is 5.79. The number of hydrogen-bond acceptors (Lipinski definition) is 2. The lowest BCUT2D eigenvalue weighted by Crippen LogP contribution is -2.15. The molecule has 4 rings (SSSR count). The van der Waals surface area contributed by atoms with Crippen molar-refractivity contribution >= 4 is 22.6 Å². The van der Waals surface area contributed by atoms with Crippen molar-refractivity contribution in [3.63, 3.8) is 0 Å². The van der Waals surface area contributed by atoms with E-state index in [2.05, 4.69) is 127 Å². The zero-order valence-corrected chi connectivity index (χ0v) is 20.5. The molecule has 174 valence electrons. The Labute approximate surface area is 209 Å². The minimum absolute atomic E-state index is 0.893. The van der Waals surface area contributed by atoms with Crippen molar-refractivity contribution in [2.24, 2.45) is 0 Å². The molecule has 0 unspecified atom stereocenters. The molecule has 2 nitrogen and oxygen atoms in total. The number of benzene rings is 3. The van der Waals surface area contributed by atoms with Gasteiger partial charge >= 0.3 is 0 Å². The fourth-order valence-corrected chi connectivity index (χ4v) is 4.13. The van der Waals surface area contributed by atoms with E-state index in [0.29, 0.717) is 0 Å². The van der Waals surface area contributed by atoms with Crippen LogP contribution < -0.4 is 9.80 Å². The predicted octanol–water partition coefficient (Wildman–Crippen LogP) is 8.83. The summed E-state index contributed by atoms with van der Waals surface area (Å²) in [5, 5.41) is 0. The largest absolute Gasteiger partial charge is 0.348 e. The van der Waals surface area contributed by atoms with Gasteiger partial charge in [0.15, 0.2) is 0 Å². The molecule has 0 saturated carbocycles. The summed E-state index contributed by atoms with van der Waals surface area (Å²) in [6.45, 7) is 6.08. The molecule has 0 saturated heterocycles. The number of nitrogens with zero attached hydrogens (tertiary/aromatic N) is 2. The van der Waals surface area contributed by atoms with Gasteiger partial charge in [0, 0.05) is 41.9 Å². The van der Waals surface area contributed by atoms with E-state index in [1.165, 1.54) is 22.5 Å². The van der Waals surface area contributed by atoms with Crippen molar-refractivity contribution in [3.05, 3.63) is 157 Å². The third-order valence-corrected chi connectivity index (χ3v) is 6.05. The quantitative estimate of drug-likeness (QED) is 0.312. The molecule has 0 N–H and O–H groups in total. The van der Waals surface area contributed by atoms with Gasteiger partial charge in [-0.2, -0.15) is 0 Å². The molecule has 0 aliphatic heterocycles. The first-order chi connectivity index (χ1) is 17.2. The molecule has 0 amide bonds. The molecule has 0 spiro atoms. The van der Waals surface area contributed by atoms with Crippen LogP contribution in [0.15, 0.2) is 152 Å². The second-order valence-corrected chi connectivity index (χ2v) is 8.32. The van der Waals surface area contributed by atoms with Crippen molar-refractivity contribution in [1.82, 2.24) is 0 Å². The normalized spacial score (nSPS) is 13.7. The maximum absolute atomic E-state index is 4.06. The van der Waals surface area contributed by atoms with E-state index in [-0.39, 0.29) is 0 Å². The van der Waals surface area contributed by atoms with E-state index in [1.54, 1.807) is 0 Å². The Kier molecular flexibility index (Phi) is 7.98. The number of hydrogen-bond donors (Lipinski definition) is 0. The van der Waals surface area contributed by atoms with Crippen molar-refractivity contribution in [3.8, 4) is 0 Å². The number of allylic oxidation sites excluding steroid dienone is 9. The van der Waals surface area contributed by atoms with Crippen LogP contribution in [0.25, 0.3) is 5.57 Å². The van der Waals surface area contributed by atoms with Crippen molar-refractivity contribution in [1.29, 1.82) is 0 Å². The third-order valence-electron chi connectivity index (χ3n) is 6.05. The van der Waals surface area contributed by atoms with Crippen LogP contribution in [0, 0.1) is 0 Å². The molecule has 0 fully saturated rings. The van der Waals surface area contributed by atoms with Crippen molar-refractivity contribution < 1.29 is 0 Å². The van der Waals surface area contributed by atoms with Gasteiger partial charge in [0.25, 0.3) is 0 Å². The monoisotopic (exact) mass is 456 g/mol. The van der Waals surface area contributed by atoms with Gasteiger partial charge in [-0.25, -0.2) is 0 Å². The molecule has 0 aromatic heterocycles. The van der Waals surface area contributed by atoms with Gasteiger partial charge in [0.2, 0.25) is 0 Å². The minimum Gasteiger partial charge on any atom is -0.348 e. The Bertz CT molecular complexity index is 1270. The average Bonchev–Trinajstić information content (AvgIpc) is 3.18. The molecule has 2 heteroatoms. The highest BCUT2D eigenvalue weighted by atomic mass is 15.1. The summed E-state index contributed by atoms with van der Waals surface area (Å²) < 4.78 is 0. The Balaban J connectivity index is 1.63. The Morgan fingerprint density at radius 2 is 1.43 bits per heavy atom. The van der Waals surface area contributed by atoms with E-state index in [1.807, 2.05) is 37.3 Å². The molecule has 0 bridgehead atoms. The lowest BCUT2D eigenvalue weighted by molar-refractivity contribution is 1.03. The summed E-state index contributed by atoms with van der Waals surface area (Å²) in [6.07, 6.45) is 17.8. The van der Waals surface area contributed by atoms with Crippen LogP contribution in [0.3, 0.4) is 0 Å². The number of rotatable bonds is 8. The lowest BCUT2D eigenvalue weighted by Gasteiger charge is -2.26. The van der Waals surface area contributed by atoms with Crippen LogP contribution in [-0.4, -0.2) is 7.05 Å². The van der Waals surface area contributed by atoms with E-state index in [4.69, 9.17) is 0 Å². The average molecular weight is 457 g/mol. The molecule has 3 aromatic rings. The Hall–Kier alpha value is -4.30. The van der Waals surface area contributed by atoms with E-state index >= 15 is 0 Å². The molecular formula is C33H32N2. The molecule has 1 aliphatic carbocycles. The molecule has 0 heterocycles. The molecule has 1 aliphatic rings. The maximum atomic E-state index is 4.06. The van der Waals surface area contributed by atoms with Gasteiger partial charge in [-0.05, 0) is 72.7 Å². The van der Waals surface area contributed by atoms with Gasteiger partial charge in [0.1, 0.15) is 0 Å². The highest BCUT2D eigenvalue weighted by Gasteiger charge is 2.13. The zero-order valence-electron chi connectivity index (χ0n) is 20.5. The van der Waals surface area contributed by atoms with Crippen LogP contribution in [-0.2, 0) is 0 Å². The van der Waals surface area contributed by atoms with Crippen LogP contribution >= 0.6 is 0 Å². The van der Waals surface area contributed by atoms with Gasteiger partial charge in [-0.1, -0.05) is 85.5 Å². The molecular weight excluding hydrogens is 424 g/mol. The van der Waals surface area contributed by atoms with Gasteiger partial charge < -0.3 is 9.80 Å². The predicted molar refractivity (Wildman–Crippen MR) is 153 cm³/mol. The summed E-state index contributed by atoms with van der Waals surface area (Å²) in [4.78, 5) is 4.47. The second kappa shape index (κ2) is 11.7. The highest BCUT2D eigenvalue weighted by Crippen LogP contribution is 2.32. The fraction of sp³-hybridized carbons (Fsp3) is 0.0909. The standard InChI is InChI=1S/C33H32N2/c1-4-6-15-29(5-2)35(32-18-11-8-12-19-32)33-25-22-28(23-26-33)27-14-13-20-31(24-21-27)34(3)30-16-9-7-10-17-30/h4-19,21-26H,2,20H2,1,3H3/b6-4-,29-15+. The minimum atomic E-state index is 0.893. The fourth-order valence-electron chi connectivity index (χ4n) is 4.13. The lowest BCUT2D eigenvalue weighted by atomic mass is 10.0. The SMILES string of the molecule is C=C/C(=C\C=C/C)N(c1ccccc1)c1ccc(C2=CC=C(N(C)c3ccccc3)CC=C2)cc1. The topological polar surface area (TPSA) is 6.48 Å². The molecule has 35 heavy (non-hydrogen) atoms. The van der Waals surface area contributed by atoms with E-state index < -0.39 is 0 Å². The second-order valence-electron chi connectivity index (χ2n) is 8.32. The Morgan fingerprint density at radius 3 is 2.06 bits per heavy atom. The third kappa shape index (κ3) is 5.80. The summed E-state index contributed by atoms with van der Waals surface area (Å²) in [6, 6.07) is 29.6. The van der Waals surface area contributed by atoms with Crippen molar-refractivity contribution in [2.45, 2.75) is 13.3 Å². The number of para-hydroxylation sites is 2. The number of anilines is 3. The first-order valence-electron chi connectivity index (χ1n) is 12.0. The first kappa shape index (κ1) is 23.8. The molecule has 0 atom stereocenters. The first-order valence-corrected chi connectivity index (χ1v) is 12.0. The van der Waals surface area contributed by atoms with Crippen molar-refractivity contribution in [2.75, 3.05) is 16.8 Å². The maximum Gasteiger partial charge on any atom is 0.0462 e. The van der Waals surface area contributed by atoms with Gasteiger partial charge in [-0.15, -0.1) is 0 Å². The van der Waals surface area contributed by atoms with Crippen LogP contribution in [0.5, 0.6) is 0 Å². The summed E-state index contributed by atoms with van der Waals surface area (Å²) in [5.41, 5.74) is 8.06. The summed E-state index contributed by atoms with van der Waals surface area (Å²) >= 11 is 0. The van der Waals surface area contributed by atoms with Crippen LogP contribution in [0.1, 0.15) is 18.9 Å². The summed E-state index contributed by atoms with van der Waals surface area (Å²) in [7, 11) is 2.12.